The summed E-state index contributed by atoms with van der Waals surface area (Å²) in [5.74, 6) is 1.72. The van der Waals surface area contributed by atoms with Gasteiger partial charge in [-0.2, -0.15) is 5.26 Å². The third-order valence-electron chi connectivity index (χ3n) is 4.56. The quantitative estimate of drug-likeness (QED) is 0.455. The topological polar surface area (TPSA) is 123 Å². The zero-order chi connectivity index (χ0) is 23.6. The number of methoxy groups -OCH3 is 2. The van der Waals surface area contributed by atoms with Gasteiger partial charge in [-0.3, -0.25) is 4.79 Å². The number of carbonyl (C=O) groups is 1. The van der Waals surface area contributed by atoms with E-state index in [-0.39, 0.29) is 25.5 Å². The normalized spacial score (nSPS) is 11.2. The number of para-hydroxylation sites is 2. The van der Waals surface area contributed by atoms with Crippen molar-refractivity contribution in [1.29, 1.82) is 5.26 Å². The second-order valence-electron chi connectivity index (χ2n) is 6.83. The van der Waals surface area contributed by atoms with Crippen LogP contribution in [0.15, 0.2) is 59.0 Å². The minimum atomic E-state index is -0.983. The molecule has 0 saturated heterocycles. The molecule has 0 radical (unpaired) electrons. The van der Waals surface area contributed by atoms with Crippen molar-refractivity contribution in [2.45, 2.75) is 12.7 Å². The van der Waals surface area contributed by atoms with Gasteiger partial charge in [-0.05, 0) is 36.4 Å². The second-order valence-corrected chi connectivity index (χ2v) is 6.83. The summed E-state index contributed by atoms with van der Waals surface area (Å²) in [6.45, 7) is -0.0892. The van der Waals surface area contributed by atoms with E-state index in [0.717, 1.165) is 0 Å². The summed E-state index contributed by atoms with van der Waals surface area (Å²) >= 11 is 0. The molecule has 3 rings (SSSR count). The molecule has 9 heteroatoms. The van der Waals surface area contributed by atoms with Crippen molar-refractivity contribution < 1.29 is 33.3 Å². The van der Waals surface area contributed by atoms with E-state index in [1.807, 2.05) is 6.07 Å². The number of nitrogens with zero attached hydrogens (tertiary/aromatic N) is 1. The number of aliphatic hydroxyl groups excluding tert-OH is 1. The lowest BCUT2D eigenvalue weighted by Gasteiger charge is -2.16. The molecule has 2 aromatic carbocycles. The van der Waals surface area contributed by atoms with Crippen LogP contribution in [-0.2, 0) is 6.61 Å². The van der Waals surface area contributed by atoms with Crippen LogP contribution in [0.1, 0.15) is 21.9 Å². The van der Waals surface area contributed by atoms with E-state index in [2.05, 4.69) is 5.32 Å². The Bertz CT molecular complexity index is 1100. The van der Waals surface area contributed by atoms with E-state index < -0.39 is 12.0 Å². The second kappa shape index (κ2) is 11.5. The predicted molar refractivity (Wildman–Crippen MR) is 118 cm³/mol. The number of aliphatic hydroxyl groups is 1. The first-order valence-corrected chi connectivity index (χ1v) is 10.1. The zero-order valence-corrected chi connectivity index (χ0v) is 18.2. The lowest BCUT2D eigenvalue weighted by Crippen LogP contribution is -2.35. The molecule has 0 fully saturated rings. The molecule has 0 aliphatic rings. The van der Waals surface area contributed by atoms with Gasteiger partial charge in [-0.15, -0.1) is 0 Å². The molecule has 1 amide bonds. The smallest absolute Gasteiger partial charge is 0.287 e. The molecule has 172 valence electrons. The van der Waals surface area contributed by atoms with Gasteiger partial charge in [0, 0.05) is 6.54 Å². The maximum Gasteiger partial charge on any atom is 0.287 e. The molecule has 1 atom stereocenters. The van der Waals surface area contributed by atoms with E-state index in [0.29, 0.717) is 34.3 Å². The number of carbonyl (C=O) groups excluding carboxylic acids is 1. The van der Waals surface area contributed by atoms with Gasteiger partial charge in [-0.1, -0.05) is 18.2 Å². The summed E-state index contributed by atoms with van der Waals surface area (Å²) in [6, 6.07) is 17.2. The Labute approximate surface area is 191 Å². The molecule has 0 bridgehead atoms. The highest BCUT2D eigenvalue weighted by Crippen LogP contribution is 2.36. The van der Waals surface area contributed by atoms with Crippen molar-refractivity contribution >= 4 is 5.91 Å². The van der Waals surface area contributed by atoms with E-state index >= 15 is 0 Å². The summed E-state index contributed by atoms with van der Waals surface area (Å²) in [7, 11) is 3.01. The maximum absolute atomic E-state index is 12.3. The van der Waals surface area contributed by atoms with Crippen LogP contribution in [0.25, 0.3) is 0 Å². The summed E-state index contributed by atoms with van der Waals surface area (Å²) < 4.78 is 27.2. The fourth-order valence-corrected chi connectivity index (χ4v) is 2.91. The minimum absolute atomic E-state index is 0.0572. The monoisotopic (exact) mass is 452 g/mol. The van der Waals surface area contributed by atoms with Crippen LogP contribution in [0.3, 0.4) is 0 Å². The van der Waals surface area contributed by atoms with Crippen LogP contribution < -0.4 is 24.3 Å². The molecule has 1 heterocycles. The number of ether oxygens (including phenoxy) is 4. The van der Waals surface area contributed by atoms with Crippen molar-refractivity contribution in [3.8, 4) is 29.1 Å². The minimum Gasteiger partial charge on any atom is -0.493 e. The summed E-state index contributed by atoms with van der Waals surface area (Å²) in [5, 5.41) is 21.9. The molecular weight excluding hydrogens is 428 g/mol. The first-order valence-electron chi connectivity index (χ1n) is 10.1. The Hall–Kier alpha value is -4.16. The third-order valence-corrected chi connectivity index (χ3v) is 4.56. The molecule has 3 aromatic rings. The van der Waals surface area contributed by atoms with Crippen LogP contribution in [0.4, 0.5) is 0 Å². The van der Waals surface area contributed by atoms with E-state index in [1.54, 1.807) is 48.5 Å². The van der Waals surface area contributed by atoms with Crippen molar-refractivity contribution in [3.63, 3.8) is 0 Å². The average Bonchev–Trinajstić information content (AvgIpc) is 3.33. The van der Waals surface area contributed by atoms with Crippen LogP contribution in [0.2, 0.25) is 0 Å². The zero-order valence-electron chi connectivity index (χ0n) is 18.2. The van der Waals surface area contributed by atoms with Crippen molar-refractivity contribution in [1.82, 2.24) is 5.32 Å². The molecular formula is C24H24N2O7. The summed E-state index contributed by atoms with van der Waals surface area (Å²) in [4.78, 5) is 12.3. The van der Waals surface area contributed by atoms with Crippen molar-refractivity contribution in [2.24, 2.45) is 0 Å². The Morgan fingerprint density at radius 1 is 1.03 bits per heavy atom. The van der Waals surface area contributed by atoms with E-state index in [4.69, 9.17) is 28.6 Å². The van der Waals surface area contributed by atoms with E-state index in [9.17, 15) is 9.90 Å². The van der Waals surface area contributed by atoms with Gasteiger partial charge in [-0.25, -0.2) is 0 Å². The molecule has 2 N–H and O–H groups in total. The van der Waals surface area contributed by atoms with Gasteiger partial charge in [0.15, 0.2) is 17.3 Å². The Morgan fingerprint density at radius 3 is 2.42 bits per heavy atom. The highest BCUT2D eigenvalue weighted by molar-refractivity contribution is 5.91. The number of nitriles is 1. The summed E-state index contributed by atoms with van der Waals surface area (Å²) in [6.07, 6.45) is -0.983. The van der Waals surface area contributed by atoms with Gasteiger partial charge < -0.3 is 33.8 Å². The van der Waals surface area contributed by atoms with E-state index in [1.165, 1.54) is 20.3 Å². The van der Waals surface area contributed by atoms with Gasteiger partial charge >= 0.3 is 0 Å². The molecule has 0 spiro atoms. The molecule has 33 heavy (non-hydrogen) atoms. The number of nitrogens with one attached hydrogen (secondary N) is 1. The first kappa shape index (κ1) is 23.5. The third kappa shape index (κ3) is 6.18. The largest absolute Gasteiger partial charge is 0.493 e. The standard InChI is InChI=1S/C24H24N2O7/c1-29-20-8-5-9-21(30-2)23(20)32-14-17(27)13-26-24(28)22-11-10-18(33-22)15-31-19-7-4-3-6-16(19)12-25/h3-11,17,27H,13-15H2,1-2H3,(H,26,28). The van der Waals surface area contributed by atoms with Gasteiger partial charge in [0.25, 0.3) is 5.91 Å². The highest BCUT2D eigenvalue weighted by Gasteiger charge is 2.16. The summed E-state index contributed by atoms with van der Waals surface area (Å²) in [5.41, 5.74) is 0.406. The maximum atomic E-state index is 12.3. The fourth-order valence-electron chi connectivity index (χ4n) is 2.91. The fraction of sp³-hybridized carbons (Fsp3) is 0.250. The van der Waals surface area contributed by atoms with Crippen LogP contribution >= 0.6 is 0 Å². The highest BCUT2D eigenvalue weighted by atomic mass is 16.5. The number of amides is 1. The van der Waals surface area contributed by atoms with Crippen molar-refractivity contribution in [2.75, 3.05) is 27.4 Å². The molecule has 1 aromatic heterocycles. The Kier molecular flexibility index (Phi) is 8.16. The Balaban J connectivity index is 1.48. The first-order chi connectivity index (χ1) is 16.0. The average molecular weight is 452 g/mol. The molecule has 9 nitrogen and oxygen atoms in total. The van der Waals surface area contributed by atoms with Crippen LogP contribution in [0, 0.1) is 11.3 Å². The van der Waals surface area contributed by atoms with Crippen LogP contribution in [-0.4, -0.2) is 44.5 Å². The Morgan fingerprint density at radius 2 is 1.73 bits per heavy atom. The van der Waals surface area contributed by atoms with Gasteiger partial charge in [0.2, 0.25) is 5.75 Å². The number of hydrogen-bond donors (Lipinski definition) is 2. The number of hydrogen-bond acceptors (Lipinski definition) is 8. The SMILES string of the molecule is COc1cccc(OC)c1OCC(O)CNC(=O)c1ccc(COc2ccccc2C#N)o1. The van der Waals surface area contributed by atoms with Gasteiger partial charge in [0.05, 0.1) is 19.8 Å². The molecule has 1 unspecified atom stereocenters. The van der Waals surface area contributed by atoms with Crippen molar-refractivity contribution in [3.05, 3.63) is 71.7 Å². The van der Waals surface area contributed by atoms with Gasteiger partial charge in [0.1, 0.15) is 36.9 Å². The number of furan rings is 1. The lowest BCUT2D eigenvalue weighted by molar-refractivity contribution is 0.0810. The number of rotatable bonds is 11. The van der Waals surface area contributed by atoms with Crippen LogP contribution in [0.5, 0.6) is 23.0 Å². The molecule has 0 saturated carbocycles. The lowest BCUT2D eigenvalue weighted by atomic mass is 10.2. The number of benzene rings is 2. The predicted octanol–water partition coefficient (Wildman–Crippen LogP) is 2.92. The molecule has 0 aliphatic carbocycles. The molecule has 0 aliphatic heterocycles.